The summed E-state index contributed by atoms with van der Waals surface area (Å²) in [6.45, 7) is 7.41. The van der Waals surface area contributed by atoms with Gasteiger partial charge in [0.25, 0.3) is 0 Å². The molecular weight excluding hydrogens is 484 g/mol. The third kappa shape index (κ3) is 5.39. The molecule has 1 amide bonds. The lowest BCUT2D eigenvalue weighted by atomic mass is 9.43. The number of aliphatic hydroxyl groups is 3. The molecular formula is C30H52N2O6. The van der Waals surface area contributed by atoms with Crippen molar-refractivity contribution in [2.75, 3.05) is 6.54 Å². The summed E-state index contributed by atoms with van der Waals surface area (Å²) in [5.41, 5.74) is 5.52. The number of carbonyl (C=O) groups is 2. The summed E-state index contributed by atoms with van der Waals surface area (Å²) in [6.07, 6.45) is 7.42. The molecule has 0 aromatic carbocycles. The molecule has 0 heterocycles. The molecule has 0 bridgehead atoms. The maximum absolute atomic E-state index is 12.7. The van der Waals surface area contributed by atoms with Crippen molar-refractivity contribution < 1.29 is 30.0 Å². The Kier molecular flexibility index (Phi) is 9.17. The number of unbranched alkanes of at least 4 members (excludes halogenated alkanes) is 1. The molecule has 0 radical (unpaired) electrons. The lowest BCUT2D eigenvalue weighted by molar-refractivity contribution is -0.223. The Morgan fingerprint density at radius 2 is 1.61 bits per heavy atom. The molecule has 38 heavy (non-hydrogen) atoms. The minimum absolute atomic E-state index is 0.0451. The highest BCUT2D eigenvalue weighted by atomic mass is 16.4. The Bertz CT molecular complexity index is 855. The van der Waals surface area contributed by atoms with Crippen molar-refractivity contribution in [2.24, 2.45) is 52.1 Å². The van der Waals surface area contributed by atoms with Crippen LogP contribution in [-0.4, -0.2) is 63.2 Å². The van der Waals surface area contributed by atoms with Crippen LogP contribution in [0.1, 0.15) is 97.8 Å². The third-order valence-electron chi connectivity index (χ3n) is 11.9. The van der Waals surface area contributed by atoms with Gasteiger partial charge in [-0.25, -0.2) is 4.79 Å². The molecule has 4 rings (SSSR count). The Morgan fingerprint density at radius 3 is 2.29 bits per heavy atom. The third-order valence-corrected chi connectivity index (χ3v) is 11.9. The number of carbonyl (C=O) groups excluding carboxylic acids is 1. The molecule has 0 spiro atoms. The molecule has 7 N–H and O–H groups in total. The van der Waals surface area contributed by atoms with Crippen LogP contribution in [0.5, 0.6) is 0 Å². The van der Waals surface area contributed by atoms with E-state index in [0.717, 1.165) is 44.9 Å². The van der Waals surface area contributed by atoms with E-state index >= 15 is 0 Å². The second-order valence-electron chi connectivity index (χ2n) is 13.8. The van der Waals surface area contributed by atoms with Gasteiger partial charge in [-0.1, -0.05) is 20.8 Å². The number of aliphatic hydroxyl groups excluding tert-OH is 3. The first-order valence-corrected chi connectivity index (χ1v) is 15.2. The number of hydrogen-bond acceptors (Lipinski definition) is 6. The zero-order valence-electron chi connectivity index (χ0n) is 23.6. The molecule has 8 nitrogen and oxygen atoms in total. The fourth-order valence-corrected chi connectivity index (χ4v) is 9.79. The van der Waals surface area contributed by atoms with E-state index in [-0.39, 0.29) is 34.7 Å². The minimum Gasteiger partial charge on any atom is -0.480 e. The van der Waals surface area contributed by atoms with Crippen LogP contribution < -0.4 is 11.1 Å². The van der Waals surface area contributed by atoms with Gasteiger partial charge in [-0.3, -0.25) is 4.79 Å². The van der Waals surface area contributed by atoms with Gasteiger partial charge in [-0.2, -0.15) is 0 Å². The van der Waals surface area contributed by atoms with Crippen molar-refractivity contribution >= 4 is 11.9 Å². The number of nitrogens with two attached hydrogens (primary N) is 1. The summed E-state index contributed by atoms with van der Waals surface area (Å²) in [5, 5.41) is 45.2. The van der Waals surface area contributed by atoms with E-state index in [9.17, 15) is 30.0 Å². The number of hydrogen-bond donors (Lipinski definition) is 6. The second-order valence-corrected chi connectivity index (χ2v) is 13.8. The van der Waals surface area contributed by atoms with Gasteiger partial charge in [0, 0.05) is 6.42 Å². The average Bonchev–Trinajstić information content (AvgIpc) is 3.23. The maximum atomic E-state index is 12.7. The Morgan fingerprint density at radius 1 is 0.921 bits per heavy atom. The number of nitrogens with one attached hydrogen (secondary N) is 1. The molecule has 4 fully saturated rings. The molecule has 0 aromatic heterocycles. The summed E-state index contributed by atoms with van der Waals surface area (Å²) in [4.78, 5) is 24.2. The van der Waals surface area contributed by atoms with E-state index in [4.69, 9.17) is 5.73 Å². The van der Waals surface area contributed by atoms with Crippen molar-refractivity contribution in [3.8, 4) is 0 Å². The van der Waals surface area contributed by atoms with Gasteiger partial charge in [0.2, 0.25) is 5.91 Å². The van der Waals surface area contributed by atoms with Crippen LogP contribution in [0, 0.1) is 46.3 Å². The molecule has 218 valence electrons. The minimum atomic E-state index is -0.997. The quantitative estimate of drug-likeness (QED) is 0.235. The number of amides is 1. The molecule has 0 aliphatic heterocycles. The number of aliphatic carboxylic acids is 1. The van der Waals surface area contributed by atoms with E-state index in [2.05, 4.69) is 26.1 Å². The zero-order valence-corrected chi connectivity index (χ0v) is 23.6. The predicted molar refractivity (Wildman–Crippen MR) is 145 cm³/mol. The number of fused-ring (bicyclic) bond motifs is 5. The molecule has 8 heteroatoms. The monoisotopic (exact) mass is 536 g/mol. The maximum Gasteiger partial charge on any atom is 0.326 e. The predicted octanol–water partition coefficient (Wildman–Crippen LogP) is 3.06. The van der Waals surface area contributed by atoms with Crippen LogP contribution in [-0.2, 0) is 9.59 Å². The Balaban J connectivity index is 1.39. The largest absolute Gasteiger partial charge is 0.480 e. The highest BCUT2D eigenvalue weighted by Gasteiger charge is 2.65. The van der Waals surface area contributed by atoms with Crippen molar-refractivity contribution in [3.63, 3.8) is 0 Å². The van der Waals surface area contributed by atoms with Gasteiger partial charge in [0.05, 0.1) is 18.3 Å². The highest BCUT2D eigenvalue weighted by molar-refractivity contribution is 5.83. The van der Waals surface area contributed by atoms with Gasteiger partial charge in [0.15, 0.2) is 0 Å². The smallest absolute Gasteiger partial charge is 0.326 e. The van der Waals surface area contributed by atoms with E-state index in [1.807, 2.05) is 0 Å². The number of carboxylic acid groups (broad SMARTS) is 1. The first-order chi connectivity index (χ1) is 17.9. The lowest BCUT2D eigenvalue weighted by Crippen LogP contribution is -2.64. The van der Waals surface area contributed by atoms with Crippen LogP contribution in [0.25, 0.3) is 0 Å². The zero-order chi connectivity index (χ0) is 27.8. The number of carboxylic acids is 1. The standard InChI is InChI=1S/C30H52N2O6/c1-17(7-10-24(34)32-23(28(37)38)6-4-5-15-31)19-8-9-20-25-21(12-14-29(19,20)2)30(3)13-11-18(33)16-22(30)26(35)27(25)36/h17-23,25-27,33,35-36H,4-16,31H2,1-3H3,(H,32,34)(H,37,38)/t17-,18-,19-,20+,21+,22+,23+,25+,26-,27+,29-,30-/m1/s1. The second kappa shape index (κ2) is 11.7. The highest BCUT2D eigenvalue weighted by Crippen LogP contribution is 2.68. The average molecular weight is 537 g/mol. The van der Waals surface area contributed by atoms with Crippen molar-refractivity contribution in [1.82, 2.24) is 5.32 Å². The Hall–Kier alpha value is -1.22. The van der Waals surface area contributed by atoms with E-state index in [1.54, 1.807) is 0 Å². The summed E-state index contributed by atoms with van der Waals surface area (Å²) in [7, 11) is 0. The van der Waals surface area contributed by atoms with Crippen molar-refractivity contribution in [1.29, 1.82) is 0 Å². The summed E-state index contributed by atoms with van der Waals surface area (Å²) >= 11 is 0. The topological polar surface area (TPSA) is 153 Å². The van der Waals surface area contributed by atoms with Crippen LogP contribution in [0.3, 0.4) is 0 Å². The van der Waals surface area contributed by atoms with Gasteiger partial charge in [0.1, 0.15) is 6.04 Å². The van der Waals surface area contributed by atoms with Gasteiger partial charge >= 0.3 is 5.97 Å². The van der Waals surface area contributed by atoms with Crippen LogP contribution >= 0.6 is 0 Å². The van der Waals surface area contributed by atoms with Crippen LogP contribution in [0.4, 0.5) is 0 Å². The SMILES string of the molecule is C[C@H](CCC(=O)N[C@@H](CCCCN)C(=O)O)[C@H]1CC[C@H]2[C@@H]3[C@H](O)[C@H](O)[C@@H]4C[C@H](O)CC[C@]4(C)[C@H]3CC[C@]12C. The molecule has 0 unspecified atom stereocenters. The molecule has 4 saturated carbocycles. The Labute approximate surface area is 228 Å². The fourth-order valence-electron chi connectivity index (χ4n) is 9.79. The van der Waals surface area contributed by atoms with E-state index in [1.165, 1.54) is 0 Å². The van der Waals surface area contributed by atoms with Crippen molar-refractivity contribution in [3.05, 3.63) is 0 Å². The molecule has 0 aromatic rings. The first-order valence-electron chi connectivity index (χ1n) is 15.2. The van der Waals surface area contributed by atoms with Crippen molar-refractivity contribution in [2.45, 2.75) is 122 Å². The normalized spacial score (nSPS) is 43.9. The summed E-state index contributed by atoms with van der Waals surface area (Å²) < 4.78 is 0. The van der Waals surface area contributed by atoms with Crippen LogP contribution in [0.2, 0.25) is 0 Å². The summed E-state index contributed by atoms with van der Waals surface area (Å²) in [5.74, 6) is 0.277. The summed E-state index contributed by atoms with van der Waals surface area (Å²) in [6, 6.07) is -0.863. The molecule has 4 aliphatic carbocycles. The fraction of sp³-hybridized carbons (Fsp3) is 0.933. The van der Waals surface area contributed by atoms with Gasteiger partial charge in [-0.05, 0) is 124 Å². The van der Waals surface area contributed by atoms with E-state index in [0.29, 0.717) is 62.3 Å². The van der Waals surface area contributed by atoms with E-state index < -0.39 is 24.2 Å². The van der Waals surface area contributed by atoms with Gasteiger partial charge < -0.3 is 31.5 Å². The number of rotatable bonds is 10. The molecule has 4 aliphatic rings. The first kappa shape index (κ1) is 29.8. The molecule has 0 saturated heterocycles. The molecule has 12 atom stereocenters. The lowest BCUT2D eigenvalue weighted by Gasteiger charge is -2.63. The van der Waals surface area contributed by atoms with Gasteiger partial charge in [-0.15, -0.1) is 0 Å². The van der Waals surface area contributed by atoms with Crippen LogP contribution in [0.15, 0.2) is 0 Å².